The van der Waals surface area contributed by atoms with Crippen LogP contribution < -0.4 is 5.32 Å². The third-order valence-corrected chi connectivity index (χ3v) is 4.11. The van der Waals surface area contributed by atoms with E-state index < -0.39 is 5.54 Å². The summed E-state index contributed by atoms with van der Waals surface area (Å²) in [5.74, 6) is 0.472. The Hall–Kier alpha value is -1.86. The van der Waals surface area contributed by atoms with Crippen LogP contribution in [0.1, 0.15) is 26.2 Å². The fourth-order valence-electron chi connectivity index (χ4n) is 2.82. The Bertz CT molecular complexity index is 635. The standard InChI is InChI=1S/C16H20N4/c1-2-9-19-16(10-17,13-7-8-13)11-20-12-18-14-5-3-4-6-15(14)20/h3-6,12-13,19H,2,7-9,11H2,1H3. The summed E-state index contributed by atoms with van der Waals surface area (Å²) < 4.78 is 2.11. The number of rotatable bonds is 6. The van der Waals surface area contributed by atoms with E-state index in [1.165, 1.54) is 0 Å². The minimum Gasteiger partial charge on any atom is -0.328 e. The number of hydrogen-bond acceptors (Lipinski definition) is 3. The molecule has 0 radical (unpaired) electrons. The second kappa shape index (κ2) is 5.26. The number of imidazole rings is 1. The monoisotopic (exact) mass is 268 g/mol. The maximum Gasteiger partial charge on any atom is 0.127 e. The molecule has 104 valence electrons. The van der Waals surface area contributed by atoms with Crippen LogP contribution in [0.15, 0.2) is 30.6 Å². The molecule has 1 N–H and O–H groups in total. The molecule has 1 atom stereocenters. The van der Waals surface area contributed by atoms with Crippen LogP contribution in [0.5, 0.6) is 0 Å². The summed E-state index contributed by atoms with van der Waals surface area (Å²) in [6.45, 7) is 3.69. The molecule has 1 saturated carbocycles. The average molecular weight is 268 g/mol. The average Bonchev–Trinajstić information content (AvgIpc) is 3.27. The van der Waals surface area contributed by atoms with Crippen LogP contribution in [0.25, 0.3) is 11.0 Å². The first-order chi connectivity index (χ1) is 9.79. The Morgan fingerprint density at radius 1 is 1.45 bits per heavy atom. The molecule has 2 aromatic rings. The topological polar surface area (TPSA) is 53.6 Å². The van der Waals surface area contributed by atoms with Crippen molar-refractivity contribution in [3.63, 3.8) is 0 Å². The van der Waals surface area contributed by atoms with Gasteiger partial charge in [-0.3, -0.25) is 5.32 Å². The largest absolute Gasteiger partial charge is 0.328 e. The van der Waals surface area contributed by atoms with E-state index in [-0.39, 0.29) is 0 Å². The fraction of sp³-hybridized carbons (Fsp3) is 0.500. The first kappa shape index (κ1) is 13.1. The molecule has 4 heteroatoms. The normalized spacial score (nSPS) is 17.8. The predicted molar refractivity (Wildman–Crippen MR) is 79.1 cm³/mol. The van der Waals surface area contributed by atoms with Gasteiger partial charge in [0.25, 0.3) is 0 Å². The molecule has 1 fully saturated rings. The van der Waals surface area contributed by atoms with Crippen molar-refractivity contribution >= 4 is 11.0 Å². The van der Waals surface area contributed by atoms with E-state index in [0.717, 1.165) is 36.8 Å². The van der Waals surface area contributed by atoms with Crippen LogP contribution in [-0.2, 0) is 6.54 Å². The molecule has 1 unspecified atom stereocenters. The van der Waals surface area contributed by atoms with Crippen molar-refractivity contribution in [1.82, 2.24) is 14.9 Å². The lowest BCUT2D eigenvalue weighted by Gasteiger charge is -2.28. The third kappa shape index (κ3) is 2.30. The van der Waals surface area contributed by atoms with E-state index in [1.54, 1.807) is 0 Å². The minimum atomic E-state index is -0.445. The zero-order valence-electron chi connectivity index (χ0n) is 11.8. The SMILES string of the molecule is CCCNC(C#N)(Cn1cnc2ccccc21)C1CC1. The number of para-hydroxylation sites is 2. The van der Waals surface area contributed by atoms with Gasteiger partial charge >= 0.3 is 0 Å². The highest BCUT2D eigenvalue weighted by atomic mass is 15.1. The highest BCUT2D eigenvalue weighted by molar-refractivity contribution is 5.75. The number of fused-ring (bicyclic) bond motifs is 1. The number of benzene rings is 1. The lowest BCUT2D eigenvalue weighted by molar-refractivity contribution is 0.321. The van der Waals surface area contributed by atoms with Crippen molar-refractivity contribution in [3.05, 3.63) is 30.6 Å². The van der Waals surface area contributed by atoms with Crippen molar-refractivity contribution in [3.8, 4) is 6.07 Å². The Morgan fingerprint density at radius 3 is 2.95 bits per heavy atom. The lowest BCUT2D eigenvalue weighted by atomic mass is 9.94. The second-order valence-corrected chi connectivity index (χ2v) is 5.65. The van der Waals surface area contributed by atoms with E-state index in [9.17, 15) is 5.26 Å². The summed E-state index contributed by atoms with van der Waals surface area (Å²) in [6, 6.07) is 10.6. The van der Waals surface area contributed by atoms with Crippen molar-refractivity contribution in [2.24, 2.45) is 5.92 Å². The fourth-order valence-corrected chi connectivity index (χ4v) is 2.82. The summed E-state index contributed by atoms with van der Waals surface area (Å²) in [5.41, 5.74) is 1.65. The molecule has 1 aliphatic carbocycles. The predicted octanol–water partition coefficient (Wildman–Crippen LogP) is 2.71. The second-order valence-electron chi connectivity index (χ2n) is 5.65. The number of aromatic nitrogens is 2. The van der Waals surface area contributed by atoms with Gasteiger partial charge in [0, 0.05) is 0 Å². The van der Waals surface area contributed by atoms with Gasteiger partial charge in [-0.2, -0.15) is 5.26 Å². The summed E-state index contributed by atoms with van der Waals surface area (Å²) in [6.07, 6.45) is 5.20. The molecule has 0 bridgehead atoms. The first-order valence-corrected chi connectivity index (χ1v) is 7.35. The quantitative estimate of drug-likeness (QED) is 0.876. The zero-order chi connectivity index (χ0) is 14.0. The Labute approximate surface area is 119 Å². The van der Waals surface area contributed by atoms with E-state index >= 15 is 0 Å². The highest BCUT2D eigenvalue weighted by Gasteiger charge is 2.45. The van der Waals surface area contributed by atoms with Crippen LogP contribution in [0, 0.1) is 17.2 Å². The molecule has 0 spiro atoms. The number of nitrogens with one attached hydrogen (secondary N) is 1. The van der Waals surface area contributed by atoms with Gasteiger partial charge in [0.15, 0.2) is 0 Å². The Balaban J connectivity index is 1.91. The molecule has 1 aromatic carbocycles. The van der Waals surface area contributed by atoms with Crippen LogP contribution in [-0.4, -0.2) is 21.6 Å². The van der Waals surface area contributed by atoms with Crippen molar-refractivity contribution in [1.29, 1.82) is 5.26 Å². The van der Waals surface area contributed by atoms with Gasteiger partial charge in [0.05, 0.1) is 30.0 Å². The summed E-state index contributed by atoms with van der Waals surface area (Å²) in [5, 5.41) is 13.2. The van der Waals surface area contributed by atoms with Gasteiger partial charge in [-0.25, -0.2) is 4.98 Å². The summed E-state index contributed by atoms with van der Waals surface area (Å²) in [4.78, 5) is 4.42. The summed E-state index contributed by atoms with van der Waals surface area (Å²) >= 11 is 0. The van der Waals surface area contributed by atoms with Crippen molar-refractivity contribution in [2.45, 2.75) is 38.3 Å². The molecule has 4 nitrogen and oxygen atoms in total. The first-order valence-electron chi connectivity index (χ1n) is 7.35. The molecule has 0 saturated heterocycles. The van der Waals surface area contributed by atoms with Gasteiger partial charge in [0.1, 0.15) is 5.54 Å². The molecule has 1 heterocycles. The minimum absolute atomic E-state index is 0.445. The Kier molecular flexibility index (Phi) is 3.45. The Morgan fingerprint density at radius 2 is 2.25 bits per heavy atom. The number of hydrogen-bond donors (Lipinski definition) is 1. The van der Waals surface area contributed by atoms with Crippen LogP contribution in [0.2, 0.25) is 0 Å². The van der Waals surface area contributed by atoms with Crippen molar-refractivity contribution < 1.29 is 0 Å². The van der Waals surface area contributed by atoms with Crippen LogP contribution >= 0.6 is 0 Å². The van der Waals surface area contributed by atoms with Gasteiger partial charge < -0.3 is 4.57 Å². The molecule has 20 heavy (non-hydrogen) atoms. The molecular formula is C16H20N4. The number of nitrogens with zero attached hydrogens (tertiary/aromatic N) is 3. The van der Waals surface area contributed by atoms with Gasteiger partial charge in [-0.05, 0) is 43.9 Å². The van der Waals surface area contributed by atoms with Crippen LogP contribution in [0.3, 0.4) is 0 Å². The van der Waals surface area contributed by atoms with Gasteiger partial charge in [-0.15, -0.1) is 0 Å². The van der Waals surface area contributed by atoms with E-state index in [0.29, 0.717) is 12.5 Å². The van der Waals surface area contributed by atoms with E-state index in [2.05, 4.69) is 33.9 Å². The third-order valence-electron chi connectivity index (χ3n) is 4.11. The van der Waals surface area contributed by atoms with Gasteiger partial charge in [-0.1, -0.05) is 19.1 Å². The molecule has 1 aromatic heterocycles. The summed E-state index contributed by atoms with van der Waals surface area (Å²) in [7, 11) is 0. The molecule has 0 aliphatic heterocycles. The highest BCUT2D eigenvalue weighted by Crippen LogP contribution is 2.40. The zero-order valence-corrected chi connectivity index (χ0v) is 11.8. The van der Waals surface area contributed by atoms with Gasteiger partial charge in [0.2, 0.25) is 0 Å². The van der Waals surface area contributed by atoms with E-state index in [4.69, 9.17) is 0 Å². The van der Waals surface area contributed by atoms with E-state index in [1.807, 2.05) is 24.5 Å². The molecule has 1 aliphatic rings. The number of nitriles is 1. The lowest BCUT2D eigenvalue weighted by Crippen LogP contribution is -2.49. The molecule has 0 amide bonds. The maximum atomic E-state index is 9.74. The van der Waals surface area contributed by atoms with Crippen LogP contribution in [0.4, 0.5) is 0 Å². The van der Waals surface area contributed by atoms with Crippen molar-refractivity contribution in [2.75, 3.05) is 6.54 Å². The smallest absolute Gasteiger partial charge is 0.127 e. The maximum absolute atomic E-state index is 9.74. The molecule has 3 rings (SSSR count). The molecular weight excluding hydrogens is 248 g/mol.